The van der Waals surface area contributed by atoms with Crippen LogP contribution in [0.5, 0.6) is 0 Å². The van der Waals surface area contributed by atoms with Gasteiger partial charge in [-0.3, -0.25) is 0 Å². The number of rotatable bonds is 5. The van der Waals surface area contributed by atoms with E-state index >= 15 is 0 Å². The van der Waals surface area contributed by atoms with Gasteiger partial charge in [0.25, 0.3) is 0 Å². The lowest BCUT2D eigenvalue weighted by Crippen LogP contribution is -1.99. The summed E-state index contributed by atoms with van der Waals surface area (Å²) >= 11 is 5.05. The van der Waals surface area contributed by atoms with E-state index in [0.29, 0.717) is 6.54 Å². The Morgan fingerprint density at radius 1 is 1.12 bits per heavy atom. The van der Waals surface area contributed by atoms with Gasteiger partial charge in [-0.25, -0.2) is 0 Å². The molecule has 0 unspecified atom stereocenters. The largest absolute Gasteiger partial charge is 0.455 e. The van der Waals surface area contributed by atoms with Crippen molar-refractivity contribution in [2.24, 2.45) is 5.73 Å². The summed E-state index contributed by atoms with van der Waals surface area (Å²) in [5, 5.41) is 0.930. The molecule has 0 saturated carbocycles. The van der Waals surface area contributed by atoms with Crippen molar-refractivity contribution in [3.05, 3.63) is 46.6 Å². The Morgan fingerprint density at radius 3 is 2.59 bits per heavy atom. The first-order valence-electron chi connectivity index (χ1n) is 5.50. The fourth-order valence-corrected chi connectivity index (χ4v) is 2.50. The highest BCUT2D eigenvalue weighted by atomic mass is 79.9. The second-order valence-electron chi connectivity index (χ2n) is 3.67. The van der Waals surface area contributed by atoms with Crippen LogP contribution in [0.4, 0.5) is 0 Å². The molecular formula is C13H14BrNOS. The first-order valence-corrected chi connectivity index (χ1v) is 7.11. The molecule has 2 rings (SSSR count). The van der Waals surface area contributed by atoms with E-state index in [4.69, 9.17) is 10.2 Å². The Hall–Kier alpha value is -0.710. The lowest BCUT2D eigenvalue weighted by Gasteiger charge is -1.98. The van der Waals surface area contributed by atoms with Gasteiger partial charge >= 0.3 is 0 Å². The van der Waals surface area contributed by atoms with Crippen LogP contribution in [0.2, 0.25) is 0 Å². The van der Waals surface area contributed by atoms with Gasteiger partial charge < -0.3 is 10.2 Å². The van der Waals surface area contributed by atoms with Gasteiger partial charge in [0.1, 0.15) is 5.76 Å². The van der Waals surface area contributed by atoms with E-state index in [1.165, 1.54) is 4.90 Å². The normalized spacial score (nSPS) is 10.7. The van der Waals surface area contributed by atoms with Crippen molar-refractivity contribution in [3.8, 4) is 0 Å². The number of furan rings is 1. The SMILES string of the molecule is NCCCc1ccc(Sc2ccc(Br)cc2)o1. The molecule has 0 atom stereocenters. The highest BCUT2D eigenvalue weighted by Gasteiger charge is 2.03. The maximum atomic E-state index is 5.72. The third-order valence-electron chi connectivity index (χ3n) is 2.30. The molecule has 90 valence electrons. The molecule has 1 aromatic heterocycles. The Morgan fingerprint density at radius 2 is 1.88 bits per heavy atom. The van der Waals surface area contributed by atoms with Gasteiger partial charge in [0, 0.05) is 15.8 Å². The lowest BCUT2D eigenvalue weighted by molar-refractivity contribution is 0.428. The maximum absolute atomic E-state index is 5.72. The Balaban J connectivity index is 1.98. The lowest BCUT2D eigenvalue weighted by atomic mass is 10.2. The molecule has 0 spiro atoms. The third kappa shape index (κ3) is 3.91. The molecule has 1 aromatic carbocycles. The van der Waals surface area contributed by atoms with Crippen LogP contribution in [0.1, 0.15) is 12.2 Å². The van der Waals surface area contributed by atoms with Gasteiger partial charge in [-0.1, -0.05) is 27.7 Å². The molecule has 2 aromatic rings. The summed E-state index contributed by atoms with van der Waals surface area (Å²) in [6.45, 7) is 0.704. The monoisotopic (exact) mass is 311 g/mol. The molecule has 2 nitrogen and oxygen atoms in total. The summed E-state index contributed by atoms with van der Waals surface area (Å²) in [7, 11) is 0. The fourth-order valence-electron chi connectivity index (χ4n) is 1.44. The molecule has 2 N–H and O–H groups in total. The highest BCUT2D eigenvalue weighted by Crippen LogP contribution is 2.30. The minimum Gasteiger partial charge on any atom is -0.455 e. The third-order valence-corrected chi connectivity index (χ3v) is 3.75. The molecule has 0 aliphatic heterocycles. The van der Waals surface area contributed by atoms with Gasteiger partial charge in [0.2, 0.25) is 0 Å². The van der Waals surface area contributed by atoms with Crippen LogP contribution in [-0.4, -0.2) is 6.54 Å². The van der Waals surface area contributed by atoms with Crippen molar-refractivity contribution >= 4 is 27.7 Å². The van der Waals surface area contributed by atoms with Crippen molar-refractivity contribution in [2.75, 3.05) is 6.54 Å². The van der Waals surface area contributed by atoms with E-state index < -0.39 is 0 Å². The quantitative estimate of drug-likeness (QED) is 0.904. The van der Waals surface area contributed by atoms with Crippen LogP contribution >= 0.6 is 27.7 Å². The number of aryl methyl sites for hydroxylation is 1. The summed E-state index contributed by atoms with van der Waals surface area (Å²) in [4.78, 5) is 1.17. The number of halogens is 1. The van der Waals surface area contributed by atoms with Crippen molar-refractivity contribution < 1.29 is 4.42 Å². The first kappa shape index (κ1) is 12.7. The van der Waals surface area contributed by atoms with E-state index in [2.05, 4.69) is 28.1 Å². The predicted octanol–water partition coefficient (Wildman–Crippen LogP) is 4.08. The zero-order chi connectivity index (χ0) is 12.1. The van der Waals surface area contributed by atoms with Crippen LogP contribution in [0.25, 0.3) is 0 Å². The second-order valence-corrected chi connectivity index (χ2v) is 5.66. The maximum Gasteiger partial charge on any atom is 0.165 e. The molecule has 0 radical (unpaired) electrons. The minimum absolute atomic E-state index is 0.704. The second kappa shape index (κ2) is 6.28. The van der Waals surface area contributed by atoms with Crippen LogP contribution in [0.3, 0.4) is 0 Å². The zero-order valence-corrected chi connectivity index (χ0v) is 11.8. The number of nitrogens with two attached hydrogens (primary N) is 1. The molecule has 0 aliphatic carbocycles. The van der Waals surface area contributed by atoms with Crippen LogP contribution in [0.15, 0.2) is 55.3 Å². The van der Waals surface area contributed by atoms with Crippen molar-refractivity contribution in [1.82, 2.24) is 0 Å². The van der Waals surface area contributed by atoms with E-state index in [9.17, 15) is 0 Å². The molecule has 0 fully saturated rings. The summed E-state index contributed by atoms with van der Waals surface area (Å²) in [5.41, 5.74) is 5.47. The van der Waals surface area contributed by atoms with Crippen molar-refractivity contribution in [3.63, 3.8) is 0 Å². The number of benzene rings is 1. The Labute approximate surface area is 114 Å². The van der Waals surface area contributed by atoms with E-state index in [1.807, 2.05) is 24.3 Å². The van der Waals surface area contributed by atoms with Gasteiger partial charge in [0.15, 0.2) is 5.09 Å². The van der Waals surface area contributed by atoms with E-state index in [1.54, 1.807) is 11.8 Å². The van der Waals surface area contributed by atoms with Crippen LogP contribution < -0.4 is 5.73 Å². The molecule has 4 heteroatoms. The van der Waals surface area contributed by atoms with Gasteiger partial charge in [-0.2, -0.15) is 0 Å². The highest BCUT2D eigenvalue weighted by molar-refractivity contribution is 9.10. The van der Waals surface area contributed by atoms with E-state index in [-0.39, 0.29) is 0 Å². The average Bonchev–Trinajstić information content (AvgIpc) is 2.77. The molecule has 0 amide bonds. The average molecular weight is 312 g/mol. The number of hydrogen-bond acceptors (Lipinski definition) is 3. The molecule has 0 bridgehead atoms. The minimum atomic E-state index is 0.704. The first-order chi connectivity index (χ1) is 8.28. The van der Waals surface area contributed by atoms with Crippen molar-refractivity contribution in [2.45, 2.75) is 22.8 Å². The Kier molecular flexibility index (Phi) is 4.71. The summed E-state index contributed by atoms with van der Waals surface area (Å²) < 4.78 is 6.80. The van der Waals surface area contributed by atoms with E-state index in [0.717, 1.165) is 28.2 Å². The van der Waals surface area contributed by atoms with Crippen LogP contribution in [-0.2, 0) is 6.42 Å². The number of hydrogen-bond donors (Lipinski definition) is 1. The zero-order valence-electron chi connectivity index (χ0n) is 9.36. The van der Waals surface area contributed by atoms with Gasteiger partial charge in [-0.05, 0) is 49.4 Å². The van der Waals surface area contributed by atoms with Gasteiger partial charge in [0.05, 0.1) is 0 Å². The summed E-state index contributed by atoms with van der Waals surface area (Å²) in [6.07, 6.45) is 1.88. The fraction of sp³-hybridized carbons (Fsp3) is 0.231. The van der Waals surface area contributed by atoms with Crippen molar-refractivity contribution in [1.29, 1.82) is 0 Å². The summed E-state index contributed by atoms with van der Waals surface area (Å²) in [5.74, 6) is 1.01. The smallest absolute Gasteiger partial charge is 0.165 e. The predicted molar refractivity (Wildman–Crippen MR) is 74.3 cm³/mol. The molecule has 1 heterocycles. The standard InChI is InChI=1S/C13H14BrNOS/c14-10-3-6-12(7-4-10)17-13-8-5-11(16-13)2-1-9-15/h3-8H,1-2,9,15H2. The molecule has 17 heavy (non-hydrogen) atoms. The Bertz CT molecular complexity index is 467. The van der Waals surface area contributed by atoms with Crippen LogP contribution in [0, 0.1) is 0 Å². The summed E-state index contributed by atoms with van der Waals surface area (Å²) in [6, 6.07) is 12.2. The molecular weight excluding hydrogens is 298 g/mol. The molecule has 0 aliphatic rings. The molecule has 0 saturated heterocycles. The topological polar surface area (TPSA) is 39.2 Å². The van der Waals surface area contributed by atoms with Gasteiger partial charge in [-0.15, -0.1) is 0 Å².